The van der Waals surface area contributed by atoms with Crippen LogP contribution in [0.25, 0.3) is 11.5 Å². The van der Waals surface area contributed by atoms with E-state index in [2.05, 4.69) is 17.1 Å². The smallest absolute Gasteiger partial charge is 0.260 e. The van der Waals surface area contributed by atoms with Crippen LogP contribution in [-0.2, 0) is 6.42 Å². The number of nitrogens with zero attached hydrogens (tertiary/aromatic N) is 2. The molecule has 0 aliphatic carbocycles. The van der Waals surface area contributed by atoms with E-state index in [4.69, 9.17) is 19.7 Å². The second-order valence-corrected chi connectivity index (χ2v) is 4.06. The molecule has 0 saturated carbocycles. The van der Waals surface area contributed by atoms with Crippen LogP contribution in [0.2, 0.25) is 0 Å². The minimum atomic E-state index is 0.391. The van der Waals surface area contributed by atoms with Gasteiger partial charge < -0.3 is 19.7 Å². The first-order valence-corrected chi connectivity index (χ1v) is 6.04. The maximum atomic E-state index is 5.97. The summed E-state index contributed by atoms with van der Waals surface area (Å²) in [6.45, 7) is 2.06. The van der Waals surface area contributed by atoms with Crippen LogP contribution in [0.1, 0.15) is 19.2 Å². The van der Waals surface area contributed by atoms with Crippen molar-refractivity contribution in [2.75, 3.05) is 20.0 Å². The highest BCUT2D eigenvalue weighted by molar-refractivity contribution is 5.75. The zero-order chi connectivity index (χ0) is 13.8. The lowest BCUT2D eigenvalue weighted by Crippen LogP contribution is -1.96. The fourth-order valence-corrected chi connectivity index (χ4v) is 1.77. The zero-order valence-electron chi connectivity index (χ0n) is 11.3. The number of aryl methyl sites for hydroxylation is 1. The first-order chi connectivity index (χ1) is 9.19. The van der Waals surface area contributed by atoms with Crippen molar-refractivity contribution in [1.29, 1.82) is 0 Å². The van der Waals surface area contributed by atoms with Crippen LogP contribution in [-0.4, -0.2) is 24.4 Å². The molecule has 0 saturated heterocycles. The van der Waals surface area contributed by atoms with Gasteiger partial charge in [0.25, 0.3) is 5.89 Å². The Labute approximate surface area is 111 Å². The molecular weight excluding hydrogens is 246 g/mol. The maximum Gasteiger partial charge on any atom is 0.260 e. The van der Waals surface area contributed by atoms with Crippen LogP contribution in [0.15, 0.2) is 16.7 Å². The molecule has 102 valence electrons. The van der Waals surface area contributed by atoms with Gasteiger partial charge >= 0.3 is 0 Å². The molecule has 1 aromatic carbocycles. The van der Waals surface area contributed by atoms with Crippen LogP contribution in [0, 0.1) is 0 Å². The quantitative estimate of drug-likeness (QED) is 0.833. The van der Waals surface area contributed by atoms with Gasteiger partial charge in [0.05, 0.1) is 19.8 Å². The summed E-state index contributed by atoms with van der Waals surface area (Å²) in [4.78, 5) is 4.31. The van der Waals surface area contributed by atoms with E-state index in [9.17, 15) is 0 Å². The van der Waals surface area contributed by atoms with Crippen molar-refractivity contribution in [2.45, 2.75) is 19.8 Å². The lowest BCUT2D eigenvalue weighted by molar-refractivity contribution is 0.355. The highest BCUT2D eigenvalue weighted by atomic mass is 16.5. The zero-order valence-corrected chi connectivity index (χ0v) is 11.3. The van der Waals surface area contributed by atoms with E-state index >= 15 is 0 Å². The summed E-state index contributed by atoms with van der Waals surface area (Å²) in [5, 5.41) is 3.91. The molecule has 0 spiro atoms. The summed E-state index contributed by atoms with van der Waals surface area (Å²) in [6, 6.07) is 3.41. The Morgan fingerprint density at radius 3 is 2.53 bits per heavy atom. The Hall–Kier alpha value is -2.24. The van der Waals surface area contributed by atoms with Crippen LogP contribution in [0.3, 0.4) is 0 Å². The number of methoxy groups -OCH3 is 2. The largest absolute Gasteiger partial charge is 0.493 e. The third kappa shape index (κ3) is 2.62. The molecule has 0 amide bonds. The second kappa shape index (κ2) is 5.60. The highest BCUT2D eigenvalue weighted by Crippen LogP contribution is 2.36. The number of hydrogen-bond acceptors (Lipinski definition) is 6. The van der Waals surface area contributed by atoms with Gasteiger partial charge in [0, 0.05) is 18.2 Å². The molecular formula is C13H17N3O3. The van der Waals surface area contributed by atoms with Gasteiger partial charge in [0.2, 0.25) is 0 Å². The van der Waals surface area contributed by atoms with Gasteiger partial charge in [-0.05, 0) is 12.5 Å². The molecule has 0 unspecified atom stereocenters. The molecule has 1 heterocycles. The van der Waals surface area contributed by atoms with Crippen LogP contribution >= 0.6 is 0 Å². The lowest BCUT2D eigenvalue weighted by Gasteiger charge is -2.10. The predicted molar refractivity (Wildman–Crippen MR) is 71.2 cm³/mol. The lowest BCUT2D eigenvalue weighted by atomic mass is 10.1. The first kappa shape index (κ1) is 13.2. The molecule has 0 aliphatic rings. The second-order valence-electron chi connectivity index (χ2n) is 4.06. The molecule has 0 atom stereocenters. The number of nitrogens with two attached hydrogens (primary N) is 1. The van der Waals surface area contributed by atoms with Gasteiger partial charge in [0.1, 0.15) is 0 Å². The molecule has 6 heteroatoms. The number of hydrogen-bond donors (Lipinski definition) is 1. The third-order valence-electron chi connectivity index (χ3n) is 2.73. The van der Waals surface area contributed by atoms with Crippen molar-refractivity contribution in [2.24, 2.45) is 0 Å². The van der Waals surface area contributed by atoms with Gasteiger partial charge in [0.15, 0.2) is 17.3 Å². The number of ether oxygens (including phenoxy) is 2. The fraction of sp³-hybridized carbons (Fsp3) is 0.385. The molecule has 2 N–H and O–H groups in total. The van der Waals surface area contributed by atoms with E-state index < -0.39 is 0 Å². The van der Waals surface area contributed by atoms with Gasteiger partial charge in [-0.2, -0.15) is 4.98 Å². The standard InChI is InChI=1S/C13H17N3O3/c1-4-5-12-15-13(19-16-12)8-6-10(17-2)11(18-3)7-9(8)14/h6-7H,4-5,14H2,1-3H3. The molecule has 6 nitrogen and oxygen atoms in total. The Morgan fingerprint density at radius 2 is 1.89 bits per heavy atom. The molecule has 2 aromatic rings. The van der Waals surface area contributed by atoms with Crippen molar-refractivity contribution in [3.05, 3.63) is 18.0 Å². The van der Waals surface area contributed by atoms with E-state index in [0.29, 0.717) is 34.5 Å². The summed E-state index contributed by atoms with van der Waals surface area (Å²) >= 11 is 0. The Morgan fingerprint density at radius 1 is 1.21 bits per heavy atom. The molecule has 0 radical (unpaired) electrons. The number of rotatable bonds is 5. The summed E-state index contributed by atoms with van der Waals surface area (Å²) in [5.74, 6) is 2.20. The summed E-state index contributed by atoms with van der Waals surface area (Å²) in [7, 11) is 3.12. The van der Waals surface area contributed by atoms with Crippen molar-refractivity contribution in [1.82, 2.24) is 10.1 Å². The topological polar surface area (TPSA) is 83.4 Å². The van der Waals surface area contributed by atoms with Gasteiger partial charge in [-0.15, -0.1) is 0 Å². The highest BCUT2D eigenvalue weighted by Gasteiger charge is 2.15. The van der Waals surface area contributed by atoms with Crippen molar-refractivity contribution < 1.29 is 14.0 Å². The van der Waals surface area contributed by atoms with Crippen molar-refractivity contribution in [3.8, 4) is 23.0 Å². The molecule has 0 fully saturated rings. The van der Waals surface area contributed by atoms with Crippen molar-refractivity contribution >= 4 is 5.69 Å². The van der Waals surface area contributed by atoms with Crippen LogP contribution < -0.4 is 15.2 Å². The SMILES string of the molecule is CCCc1noc(-c2cc(OC)c(OC)cc2N)n1. The first-order valence-electron chi connectivity index (χ1n) is 6.04. The van der Waals surface area contributed by atoms with E-state index in [1.54, 1.807) is 26.4 Å². The fourth-order valence-electron chi connectivity index (χ4n) is 1.77. The molecule has 19 heavy (non-hydrogen) atoms. The molecule has 0 aliphatic heterocycles. The average Bonchev–Trinajstić information content (AvgIpc) is 2.87. The monoisotopic (exact) mass is 263 g/mol. The third-order valence-corrected chi connectivity index (χ3v) is 2.73. The Balaban J connectivity index is 2.42. The normalized spacial score (nSPS) is 10.5. The maximum absolute atomic E-state index is 5.97. The molecule has 2 rings (SSSR count). The summed E-state index contributed by atoms with van der Waals surface area (Å²) in [6.07, 6.45) is 1.73. The number of aromatic nitrogens is 2. The number of nitrogen functional groups attached to an aromatic ring is 1. The molecule has 0 bridgehead atoms. The van der Waals surface area contributed by atoms with Crippen LogP contribution in [0.4, 0.5) is 5.69 Å². The minimum Gasteiger partial charge on any atom is -0.493 e. The number of anilines is 1. The van der Waals surface area contributed by atoms with Crippen LogP contribution in [0.5, 0.6) is 11.5 Å². The molecule has 1 aromatic heterocycles. The summed E-state index contributed by atoms with van der Waals surface area (Å²) < 4.78 is 15.6. The minimum absolute atomic E-state index is 0.391. The van der Waals surface area contributed by atoms with Crippen molar-refractivity contribution in [3.63, 3.8) is 0 Å². The van der Waals surface area contributed by atoms with Gasteiger partial charge in [-0.25, -0.2) is 0 Å². The summed E-state index contributed by atoms with van der Waals surface area (Å²) in [5.41, 5.74) is 7.12. The van der Waals surface area contributed by atoms with Gasteiger partial charge in [-0.1, -0.05) is 12.1 Å². The van der Waals surface area contributed by atoms with E-state index in [0.717, 1.165) is 12.8 Å². The van der Waals surface area contributed by atoms with Gasteiger partial charge in [-0.3, -0.25) is 0 Å². The average molecular weight is 263 g/mol. The van der Waals surface area contributed by atoms with E-state index in [1.807, 2.05) is 0 Å². The van der Waals surface area contributed by atoms with E-state index in [-0.39, 0.29) is 0 Å². The number of benzene rings is 1. The Kier molecular flexibility index (Phi) is 3.89. The van der Waals surface area contributed by atoms with E-state index in [1.165, 1.54) is 0 Å². The Bertz CT molecular complexity index is 566. The predicted octanol–water partition coefficient (Wildman–Crippen LogP) is 2.29.